The normalized spacial score (nSPS) is 10.5. The van der Waals surface area contributed by atoms with Gasteiger partial charge in [0.25, 0.3) is 5.91 Å². The number of Topliss-reactive ketones (excluding diaryl/α,β-unsaturated/α-hetero) is 1. The first-order valence-corrected chi connectivity index (χ1v) is 14.6. The Balaban J connectivity index is -0.000000575. The van der Waals surface area contributed by atoms with Crippen molar-refractivity contribution in [2.75, 3.05) is 33.7 Å². The SMILES string of the molecule is CC(C)C.CCC.CCC(CC[NH+](C)C)C(=O)NCC(=O)NC(C)C.O=CNCC(=O)C(=O)NCc1ccccc1. The number of ketones is 1. The Kier molecular flexibility index (Phi) is 29.1. The summed E-state index contributed by atoms with van der Waals surface area (Å²) in [5.74, 6) is -0.669. The molecule has 5 N–H and O–H groups in total. The Morgan fingerprint density at radius 2 is 1.41 bits per heavy atom. The second-order valence-electron chi connectivity index (χ2n) is 10.8. The molecule has 0 saturated carbocycles. The average molecular weight is 581 g/mol. The van der Waals surface area contributed by atoms with Gasteiger partial charge in [0.2, 0.25) is 24.0 Å². The molecule has 41 heavy (non-hydrogen) atoms. The number of rotatable bonds is 14. The van der Waals surface area contributed by atoms with Crippen molar-refractivity contribution in [1.29, 1.82) is 0 Å². The number of carbonyl (C=O) groups excluding carboxylic acids is 5. The monoisotopic (exact) mass is 580 g/mol. The molecular weight excluding hydrogens is 522 g/mol. The Bertz CT molecular complexity index is 827. The van der Waals surface area contributed by atoms with Gasteiger partial charge in [-0.1, -0.05) is 78.3 Å². The van der Waals surface area contributed by atoms with E-state index >= 15 is 0 Å². The first kappa shape index (κ1) is 42.2. The lowest BCUT2D eigenvalue weighted by molar-refractivity contribution is -0.858. The molecule has 10 nitrogen and oxygen atoms in total. The molecule has 0 heterocycles. The van der Waals surface area contributed by atoms with Crippen LogP contribution in [-0.2, 0) is 30.5 Å². The maximum Gasteiger partial charge on any atom is 0.289 e. The van der Waals surface area contributed by atoms with E-state index in [2.05, 4.69) is 70.0 Å². The Labute approximate surface area is 248 Å². The smallest absolute Gasteiger partial charge is 0.289 e. The first-order chi connectivity index (χ1) is 19.2. The zero-order valence-corrected chi connectivity index (χ0v) is 27.2. The van der Waals surface area contributed by atoms with Gasteiger partial charge < -0.3 is 26.2 Å². The molecule has 236 valence electrons. The van der Waals surface area contributed by atoms with Crippen molar-refractivity contribution in [2.45, 2.75) is 87.2 Å². The molecule has 4 amide bonds. The molecule has 0 aromatic heterocycles. The third kappa shape index (κ3) is 31.1. The van der Waals surface area contributed by atoms with Crippen LogP contribution in [0.25, 0.3) is 0 Å². The number of carbonyl (C=O) groups is 5. The minimum atomic E-state index is -0.696. The van der Waals surface area contributed by atoms with E-state index in [0.717, 1.165) is 30.9 Å². The van der Waals surface area contributed by atoms with Crippen molar-refractivity contribution in [2.24, 2.45) is 11.8 Å². The molecule has 1 aromatic carbocycles. The van der Waals surface area contributed by atoms with Crippen LogP contribution in [0.1, 0.15) is 80.2 Å². The summed E-state index contributed by atoms with van der Waals surface area (Å²) in [7, 11) is 4.14. The standard InChI is InChI=1S/C13H27N3O2.C11H12N2O3.C4H10.C3H8/c1-6-11(7-8-16(4)5)13(18)14-9-12(17)15-10(2)3;14-8-12-7-10(15)11(16)13-6-9-4-2-1-3-5-9;1-4(2)3;1-3-2/h10-11H,6-9H2,1-5H3,(H,14,18)(H,15,17);1-5,8H,6-7H2,(H,12,14)(H,13,16);4H,1-3H3;3H2,1-2H3/p+1. The number of nitrogens with one attached hydrogen (secondary N) is 5. The number of hydrogen-bond acceptors (Lipinski definition) is 5. The fraction of sp³-hybridized carbons (Fsp3) is 0.645. The van der Waals surface area contributed by atoms with Gasteiger partial charge in [-0.3, -0.25) is 24.0 Å². The number of amides is 4. The van der Waals surface area contributed by atoms with E-state index in [1.54, 1.807) is 0 Å². The van der Waals surface area contributed by atoms with Crippen LogP contribution in [0.4, 0.5) is 0 Å². The molecule has 0 aliphatic rings. The molecule has 0 saturated heterocycles. The van der Waals surface area contributed by atoms with Crippen LogP contribution in [-0.4, -0.2) is 69.7 Å². The summed E-state index contributed by atoms with van der Waals surface area (Å²) >= 11 is 0. The zero-order chi connectivity index (χ0) is 32.2. The average Bonchev–Trinajstić information content (AvgIpc) is 2.90. The molecule has 0 radical (unpaired) electrons. The highest BCUT2D eigenvalue weighted by Gasteiger charge is 2.18. The van der Waals surface area contributed by atoms with Crippen LogP contribution in [0, 0.1) is 11.8 Å². The number of quaternary nitrogens is 1. The second-order valence-corrected chi connectivity index (χ2v) is 10.8. The summed E-state index contributed by atoms with van der Waals surface area (Å²) in [6.45, 7) is 17.6. The number of benzene rings is 1. The molecule has 1 rings (SSSR count). The summed E-state index contributed by atoms with van der Waals surface area (Å²) in [4.78, 5) is 56.8. The molecule has 1 atom stereocenters. The molecule has 0 aliphatic heterocycles. The summed E-state index contributed by atoms with van der Waals surface area (Å²) in [6, 6.07) is 9.34. The lowest BCUT2D eigenvalue weighted by atomic mass is 10.0. The van der Waals surface area contributed by atoms with Gasteiger partial charge in [-0.2, -0.15) is 0 Å². The lowest BCUT2D eigenvalue weighted by Crippen LogP contribution is -3.05. The predicted molar refractivity (Wildman–Crippen MR) is 166 cm³/mol. The molecule has 0 fully saturated rings. The zero-order valence-electron chi connectivity index (χ0n) is 27.2. The van der Waals surface area contributed by atoms with Gasteiger partial charge in [-0.25, -0.2) is 0 Å². The van der Waals surface area contributed by atoms with E-state index in [4.69, 9.17) is 0 Å². The third-order valence-electron chi connectivity index (χ3n) is 4.62. The largest absolute Gasteiger partial charge is 0.352 e. The molecule has 1 aromatic rings. The minimum absolute atomic E-state index is 0.00625. The minimum Gasteiger partial charge on any atom is -0.352 e. The van der Waals surface area contributed by atoms with Gasteiger partial charge in [0, 0.05) is 24.9 Å². The van der Waals surface area contributed by atoms with Crippen molar-refractivity contribution < 1.29 is 28.9 Å². The fourth-order valence-corrected chi connectivity index (χ4v) is 2.76. The van der Waals surface area contributed by atoms with E-state index in [1.807, 2.05) is 51.1 Å². The maximum atomic E-state index is 11.9. The molecule has 0 spiro atoms. The van der Waals surface area contributed by atoms with Crippen molar-refractivity contribution in [3.63, 3.8) is 0 Å². The Hall–Kier alpha value is -3.27. The van der Waals surface area contributed by atoms with E-state index in [9.17, 15) is 24.0 Å². The van der Waals surface area contributed by atoms with Crippen LogP contribution in [0.2, 0.25) is 0 Å². The van der Waals surface area contributed by atoms with Gasteiger partial charge >= 0.3 is 0 Å². The van der Waals surface area contributed by atoms with Gasteiger partial charge in [-0.15, -0.1) is 0 Å². The van der Waals surface area contributed by atoms with Gasteiger partial charge in [-0.05, 0) is 31.7 Å². The summed E-state index contributed by atoms with van der Waals surface area (Å²) in [6.07, 6.45) is 3.30. The van der Waals surface area contributed by atoms with Crippen LogP contribution in [0.3, 0.4) is 0 Å². The van der Waals surface area contributed by atoms with Gasteiger partial charge in [0.15, 0.2) is 0 Å². The Morgan fingerprint density at radius 3 is 1.85 bits per heavy atom. The van der Waals surface area contributed by atoms with Crippen molar-refractivity contribution in [1.82, 2.24) is 21.3 Å². The summed E-state index contributed by atoms with van der Waals surface area (Å²) in [5.41, 5.74) is 0.909. The predicted octanol–water partition coefficient (Wildman–Crippen LogP) is 1.88. The van der Waals surface area contributed by atoms with E-state index in [0.29, 0.717) is 13.0 Å². The summed E-state index contributed by atoms with van der Waals surface area (Å²) in [5, 5.41) is 10.0. The second kappa shape index (κ2) is 28.3. The highest BCUT2D eigenvalue weighted by atomic mass is 16.2. The molecule has 10 heteroatoms. The van der Waals surface area contributed by atoms with E-state index in [-0.39, 0.29) is 36.9 Å². The third-order valence-corrected chi connectivity index (χ3v) is 4.62. The fourth-order valence-electron chi connectivity index (χ4n) is 2.76. The molecule has 0 bridgehead atoms. The topological polar surface area (TPSA) is 138 Å². The van der Waals surface area contributed by atoms with Crippen molar-refractivity contribution in [3.05, 3.63) is 35.9 Å². The highest BCUT2D eigenvalue weighted by molar-refractivity contribution is 6.37. The highest BCUT2D eigenvalue weighted by Crippen LogP contribution is 2.06. The molecule has 1 unspecified atom stereocenters. The summed E-state index contributed by atoms with van der Waals surface area (Å²) < 4.78 is 0. The van der Waals surface area contributed by atoms with Crippen LogP contribution < -0.4 is 26.2 Å². The van der Waals surface area contributed by atoms with E-state index in [1.165, 1.54) is 11.3 Å². The first-order valence-electron chi connectivity index (χ1n) is 14.6. The van der Waals surface area contributed by atoms with Crippen molar-refractivity contribution >= 4 is 29.9 Å². The number of hydrogen-bond donors (Lipinski definition) is 5. The van der Waals surface area contributed by atoms with Crippen LogP contribution >= 0.6 is 0 Å². The maximum absolute atomic E-state index is 11.9. The molecular formula is C31H58N5O5+. The Morgan fingerprint density at radius 1 is 0.878 bits per heavy atom. The quantitative estimate of drug-likeness (QED) is 0.169. The van der Waals surface area contributed by atoms with Crippen molar-refractivity contribution in [3.8, 4) is 0 Å². The molecule has 0 aliphatic carbocycles. The van der Waals surface area contributed by atoms with E-state index < -0.39 is 11.7 Å². The van der Waals surface area contributed by atoms with Gasteiger partial charge in [0.05, 0.1) is 33.7 Å². The van der Waals surface area contributed by atoms with Crippen LogP contribution in [0.15, 0.2) is 30.3 Å². The van der Waals surface area contributed by atoms with Crippen LogP contribution in [0.5, 0.6) is 0 Å². The lowest BCUT2D eigenvalue weighted by Gasteiger charge is -2.16. The van der Waals surface area contributed by atoms with Gasteiger partial charge in [0.1, 0.15) is 0 Å².